The van der Waals surface area contributed by atoms with Crippen LogP contribution in [0.5, 0.6) is 0 Å². The van der Waals surface area contributed by atoms with Crippen LogP contribution in [-0.4, -0.2) is 22.9 Å². The van der Waals surface area contributed by atoms with E-state index in [4.69, 9.17) is 4.74 Å². The van der Waals surface area contributed by atoms with Crippen molar-refractivity contribution in [3.63, 3.8) is 0 Å². The zero-order chi connectivity index (χ0) is 11.3. The second-order valence-corrected chi connectivity index (χ2v) is 6.14. The average Bonchev–Trinajstić information content (AvgIpc) is 2.55. The summed E-state index contributed by atoms with van der Waals surface area (Å²) in [6, 6.07) is 0. The van der Waals surface area contributed by atoms with Gasteiger partial charge in [-0.3, -0.25) is 0 Å². The zero-order valence-corrected chi connectivity index (χ0v) is 10.4. The van der Waals surface area contributed by atoms with Gasteiger partial charge in [0.15, 0.2) is 0 Å². The van der Waals surface area contributed by atoms with Crippen molar-refractivity contribution < 1.29 is 9.84 Å². The molecule has 15 heavy (non-hydrogen) atoms. The molecule has 1 N–H and O–H groups in total. The predicted molar refractivity (Wildman–Crippen MR) is 60.7 cm³/mol. The van der Waals surface area contributed by atoms with Gasteiger partial charge in [0.05, 0.1) is 17.8 Å². The van der Waals surface area contributed by atoms with E-state index in [9.17, 15) is 5.11 Å². The van der Waals surface area contributed by atoms with Gasteiger partial charge in [-0.25, -0.2) is 0 Å². The Morgan fingerprint density at radius 3 is 2.33 bits per heavy atom. The van der Waals surface area contributed by atoms with Crippen molar-refractivity contribution in [2.24, 2.45) is 11.3 Å². The Morgan fingerprint density at radius 1 is 1.13 bits per heavy atom. The average molecular weight is 212 g/mol. The highest BCUT2D eigenvalue weighted by Gasteiger charge is 2.57. The van der Waals surface area contributed by atoms with Crippen molar-refractivity contribution >= 4 is 0 Å². The second-order valence-electron chi connectivity index (χ2n) is 6.14. The Hall–Kier alpha value is -0.0800. The van der Waals surface area contributed by atoms with Crippen LogP contribution in [0.2, 0.25) is 0 Å². The van der Waals surface area contributed by atoms with Crippen molar-refractivity contribution in [3.8, 4) is 0 Å². The molecule has 2 rings (SSSR count). The van der Waals surface area contributed by atoms with Crippen LogP contribution in [0, 0.1) is 11.3 Å². The van der Waals surface area contributed by atoms with Crippen LogP contribution in [0.4, 0.5) is 0 Å². The van der Waals surface area contributed by atoms with Gasteiger partial charge in [0.2, 0.25) is 0 Å². The first-order chi connectivity index (χ1) is 6.89. The molecule has 2 aliphatic rings. The first kappa shape index (κ1) is 11.4. The Labute approximate surface area is 93.0 Å². The van der Waals surface area contributed by atoms with Crippen LogP contribution in [0.25, 0.3) is 0 Å². The third-order valence-electron chi connectivity index (χ3n) is 4.86. The van der Waals surface area contributed by atoms with Gasteiger partial charge in [0, 0.05) is 5.92 Å². The molecule has 2 fully saturated rings. The lowest BCUT2D eigenvalue weighted by molar-refractivity contribution is -0.192. The van der Waals surface area contributed by atoms with Crippen molar-refractivity contribution in [3.05, 3.63) is 0 Å². The van der Waals surface area contributed by atoms with Crippen molar-refractivity contribution in [1.82, 2.24) is 0 Å². The molecule has 1 aliphatic heterocycles. The predicted octanol–water partition coefficient (Wildman–Crippen LogP) is 2.74. The molecule has 0 aromatic heterocycles. The minimum atomic E-state index is -0.177. The molecule has 4 unspecified atom stereocenters. The van der Waals surface area contributed by atoms with E-state index in [-0.39, 0.29) is 23.0 Å². The summed E-state index contributed by atoms with van der Waals surface area (Å²) < 4.78 is 6.23. The molecule has 1 saturated heterocycles. The summed E-state index contributed by atoms with van der Waals surface area (Å²) in [5.41, 5.74) is 0.125. The van der Waals surface area contributed by atoms with Crippen LogP contribution < -0.4 is 0 Å². The fourth-order valence-electron chi connectivity index (χ4n) is 3.62. The molecular weight excluding hydrogens is 188 g/mol. The molecule has 1 saturated carbocycles. The molecule has 2 heteroatoms. The number of rotatable bonds is 0. The van der Waals surface area contributed by atoms with Gasteiger partial charge in [-0.1, -0.05) is 20.8 Å². The quantitative estimate of drug-likeness (QED) is 0.669. The van der Waals surface area contributed by atoms with Gasteiger partial charge in [-0.15, -0.1) is 0 Å². The summed E-state index contributed by atoms with van der Waals surface area (Å²) in [4.78, 5) is 0. The fourth-order valence-corrected chi connectivity index (χ4v) is 3.62. The van der Waals surface area contributed by atoms with Gasteiger partial charge in [-0.05, 0) is 38.0 Å². The lowest BCUT2D eigenvalue weighted by atomic mass is 9.59. The summed E-state index contributed by atoms with van der Waals surface area (Å²) >= 11 is 0. The molecule has 0 aromatic rings. The Balaban J connectivity index is 2.31. The number of aliphatic hydroxyl groups excluding tert-OH is 1. The standard InChI is InChI=1S/C13H24O2/c1-9-5-8-13(15-9)10(2)11(14)6-7-12(13,3)4/h9-11,14H,5-8H2,1-4H3. The molecule has 0 bridgehead atoms. The summed E-state index contributed by atoms with van der Waals surface area (Å²) in [6.07, 6.45) is 4.43. The zero-order valence-electron chi connectivity index (χ0n) is 10.4. The van der Waals surface area contributed by atoms with Gasteiger partial charge >= 0.3 is 0 Å². The molecule has 4 atom stereocenters. The molecule has 1 aliphatic carbocycles. The maximum absolute atomic E-state index is 10.0. The first-order valence-corrected chi connectivity index (χ1v) is 6.25. The fraction of sp³-hybridized carbons (Fsp3) is 1.00. The van der Waals surface area contributed by atoms with Gasteiger partial charge in [0.1, 0.15) is 0 Å². The lowest BCUT2D eigenvalue weighted by Crippen LogP contribution is -2.56. The monoisotopic (exact) mass is 212 g/mol. The van der Waals surface area contributed by atoms with E-state index in [2.05, 4.69) is 27.7 Å². The maximum atomic E-state index is 10.0. The summed E-state index contributed by atoms with van der Waals surface area (Å²) in [5.74, 6) is 0.270. The molecule has 0 amide bonds. The van der Waals surface area contributed by atoms with Crippen molar-refractivity contribution in [2.75, 3.05) is 0 Å². The maximum Gasteiger partial charge on any atom is 0.0787 e. The number of hydrogen-bond acceptors (Lipinski definition) is 2. The third-order valence-corrected chi connectivity index (χ3v) is 4.86. The second kappa shape index (κ2) is 3.46. The van der Waals surface area contributed by atoms with Crippen LogP contribution >= 0.6 is 0 Å². The molecule has 0 radical (unpaired) electrons. The van der Waals surface area contributed by atoms with Gasteiger partial charge in [-0.2, -0.15) is 0 Å². The molecular formula is C13H24O2. The van der Waals surface area contributed by atoms with Crippen molar-refractivity contribution in [2.45, 2.75) is 71.2 Å². The first-order valence-electron chi connectivity index (χ1n) is 6.25. The smallest absolute Gasteiger partial charge is 0.0787 e. The SMILES string of the molecule is CC1CCC2(O1)C(C)C(O)CCC2(C)C. The number of ether oxygens (including phenoxy) is 1. The highest BCUT2D eigenvalue weighted by molar-refractivity contribution is 5.07. The highest BCUT2D eigenvalue weighted by Crippen LogP contribution is 2.55. The number of hydrogen-bond donors (Lipinski definition) is 1. The minimum absolute atomic E-state index is 0.0793. The van der Waals surface area contributed by atoms with Gasteiger partial charge in [0.25, 0.3) is 0 Å². The Bertz CT molecular complexity index is 249. The highest BCUT2D eigenvalue weighted by atomic mass is 16.5. The summed E-state index contributed by atoms with van der Waals surface area (Å²) in [6.45, 7) is 8.91. The van der Waals surface area contributed by atoms with E-state index < -0.39 is 0 Å². The van der Waals surface area contributed by atoms with E-state index in [1.54, 1.807) is 0 Å². The van der Waals surface area contributed by atoms with Crippen LogP contribution in [0.15, 0.2) is 0 Å². The van der Waals surface area contributed by atoms with Crippen LogP contribution in [-0.2, 0) is 4.74 Å². The Kier molecular flexibility index (Phi) is 2.63. The molecule has 88 valence electrons. The largest absolute Gasteiger partial charge is 0.393 e. The van der Waals surface area contributed by atoms with Crippen LogP contribution in [0.3, 0.4) is 0 Å². The molecule has 1 spiro atoms. The van der Waals surface area contributed by atoms with Crippen LogP contribution in [0.1, 0.15) is 53.4 Å². The van der Waals surface area contributed by atoms with E-state index >= 15 is 0 Å². The molecule has 1 heterocycles. The topological polar surface area (TPSA) is 29.5 Å². The minimum Gasteiger partial charge on any atom is -0.393 e. The molecule has 0 aromatic carbocycles. The van der Waals surface area contributed by atoms with E-state index in [1.807, 2.05) is 0 Å². The summed E-state index contributed by atoms with van der Waals surface area (Å²) in [7, 11) is 0. The van der Waals surface area contributed by atoms with E-state index in [1.165, 1.54) is 0 Å². The number of aliphatic hydroxyl groups is 1. The molecule has 2 nitrogen and oxygen atoms in total. The van der Waals surface area contributed by atoms with Gasteiger partial charge < -0.3 is 9.84 Å². The normalized spacial score (nSPS) is 49.8. The third kappa shape index (κ3) is 1.53. The summed E-state index contributed by atoms with van der Waals surface area (Å²) in [5, 5.41) is 10.0. The van der Waals surface area contributed by atoms with E-state index in [0.717, 1.165) is 25.7 Å². The lowest BCUT2D eigenvalue weighted by Gasteiger charge is -2.53. The van der Waals surface area contributed by atoms with Crippen molar-refractivity contribution in [1.29, 1.82) is 0 Å². The van der Waals surface area contributed by atoms with E-state index in [0.29, 0.717) is 6.10 Å². The Morgan fingerprint density at radius 2 is 1.80 bits per heavy atom.